The standard InChI is InChI=1S/C25H26N2O3S/c1-5-29-20-11-9-19(10-12-20)22-17(3)31-24-23(22)25(28)27(18(4)26-24)13-14-30-21-8-6-7-16(2)15-21/h6-12,15H,5,13-14H2,1-4H3. The number of fused-ring (bicyclic) bond motifs is 1. The van der Waals surface area contributed by atoms with E-state index >= 15 is 0 Å². The highest BCUT2D eigenvalue weighted by Crippen LogP contribution is 2.36. The molecule has 160 valence electrons. The fraction of sp³-hybridized carbons (Fsp3) is 0.280. The molecular formula is C25H26N2O3S. The van der Waals surface area contributed by atoms with E-state index < -0.39 is 0 Å². The van der Waals surface area contributed by atoms with E-state index in [1.807, 2.05) is 76.2 Å². The summed E-state index contributed by atoms with van der Waals surface area (Å²) < 4.78 is 13.1. The van der Waals surface area contributed by atoms with Gasteiger partial charge in [-0.2, -0.15) is 0 Å². The first kappa shape index (κ1) is 21.1. The van der Waals surface area contributed by atoms with Gasteiger partial charge >= 0.3 is 0 Å². The Morgan fingerprint density at radius 3 is 2.48 bits per heavy atom. The topological polar surface area (TPSA) is 53.4 Å². The van der Waals surface area contributed by atoms with Crippen molar-refractivity contribution < 1.29 is 9.47 Å². The van der Waals surface area contributed by atoms with Gasteiger partial charge in [-0.3, -0.25) is 9.36 Å². The Morgan fingerprint density at radius 1 is 1.00 bits per heavy atom. The van der Waals surface area contributed by atoms with E-state index in [-0.39, 0.29) is 5.56 Å². The van der Waals surface area contributed by atoms with Gasteiger partial charge in [0.05, 0.1) is 18.5 Å². The summed E-state index contributed by atoms with van der Waals surface area (Å²) in [4.78, 5) is 20.1. The first-order chi connectivity index (χ1) is 15.0. The lowest BCUT2D eigenvalue weighted by atomic mass is 10.0. The SMILES string of the molecule is CCOc1ccc(-c2c(C)sc3nc(C)n(CCOc4cccc(C)c4)c(=O)c23)cc1. The number of rotatable bonds is 7. The Morgan fingerprint density at radius 2 is 1.77 bits per heavy atom. The van der Waals surface area contributed by atoms with Crippen molar-refractivity contribution in [2.45, 2.75) is 34.2 Å². The summed E-state index contributed by atoms with van der Waals surface area (Å²) in [6.45, 7) is 9.37. The third kappa shape index (κ3) is 4.35. The zero-order chi connectivity index (χ0) is 22.0. The highest BCUT2D eigenvalue weighted by molar-refractivity contribution is 7.19. The van der Waals surface area contributed by atoms with Gasteiger partial charge in [-0.15, -0.1) is 11.3 Å². The van der Waals surface area contributed by atoms with Gasteiger partial charge in [-0.05, 0) is 63.1 Å². The third-order valence-corrected chi connectivity index (χ3v) is 6.20. The predicted molar refractivity (Wildman–Crippen MR) is 127 cm³/mol. The van der Waals surface area contributed by atoms with Crippen LogP contribution in [0.5, 0.6) is 11.5 Å². The van der Waals surface area contributed by atoms with Crippen LogP contribution in [0, 0.1) is 20.8 Å². The number of aromatic nitrogens is 2. The van der Waals surface area contributed by atoms with Crippen molar-refractivity contribution in [1.29, 1.82) is 0 Å². The van der Waals surface area contributed by atoms with Gasteiger partial charge in [0.2, 0.25) is 0 Å². The van der Waals surface area contributed by atoms with Crippen LogP contribution in [0.25, 0.3) is 21.3 Å². The summed E-state index contributed by atoms with van der Waals surface area (Å²) in [6.07, 6.45) is 0. The van der Waals surface area contributed by atoms with Gasteiger partial charge in [0.25, 0.3) is 5.56 Å². The minimum absolute atomic E-state index is 0.0245. The van der Waals surface area contributed by atoms with Crippen molar-refractivity contribution >= 4 is 21.6 Å². The van der Waals surface area contributed by atoms with Crippen LogP contribution >= 0.6 is 11.3 Å². The molecule has 31 heavy (non-hydrogen) atoms. The summed E-state index contributed by atoms with van der Waals surface area (Å²) in [5, 5.41) is 0.674. The fourth-order valence-corrected chi connectivity index (χ4v) is 4.83. The number of ether oxygens (including phenoxy) is 2. The molecule has 0 unspecified atom stereocenters. The molecule has 0 N–H and O–H groups in total. The van der Waals surface area contributed by atoms with Crippen molar-refractivity contribution in [3.05, 3.63) is 75.1 Å². The van der Waals surface area contributed by atoms with Crippen LogP contribution in [0.3, 0.4) is 0 Å². The normalized spacial score (nSPS) is 11.1. The molecule has 0 aliphatic carbocycles. The smallest absolute Gasteiger partial charge is 0.263 e. The minimum Gasteiger partial charge on any atom is -0.494 e. The van der Waals surface area contributed by atoms with E-state index in [0.717, 1.165) is 37.9 Å². The van der Waals surface area contributed by atoms with Gasteiger partial charge in [-0.1, -0.05) is 24.3 Å². The van der Waals surface area contributed by atoms with Crippen molar-refractivity contribution in [3.8, 4) is 22.6 Å². The highest BCUT2D eigenvalue weighted by atomic mass is 32.1. The van der Waals surface area contributed by atoms with Crippen LogP contribution in [0.2, 0.25) is 0 Å². The molecule has 2 aromatic heterocycles. The second-order valence-electron chi connectivity index (χ2n) is 7.45. The summed E-state index contributed by atoms with van der Waals surface area (Å²) in [5.41, 5.74) is 3.07. The van der Waals surface area contributed by atoms with Crippen LogP contribution < -0.4 is 15.0 Å². The third-order valence-electron chi connectivity index (χ3n) is 5.21. The second-order valence-corrected chi connectivity index (χ2v) is 8.65. The molecule has 2 heterocycles. The lowest BCUT2D eigenvalue weighted by molar-refractivity contribution is 0.294. The molecule has 0 spiro atoms. The van der Waals surface area contributed by atoms with Crippen molar-refractivity contribution in [3.63, 3.8) is 0 Å². The van der Waals surface area contributed by atoms with E-state index in [2.05, 4.69) is 0 Å². The Balaban J connectivity index is 1.68. The van der Waals surface area contributed by atoms with Crippen molar-refractivity contribution in [1.82, 2.24) is 9.55 Å². The van der Waals surface area contributed by atoms with Gasteiger partial charge in [0.1, 0.15) is 28.8 Å². The Kier molecular flexibility index (Phi) is 6.09. The number of aryl methyl sites for hydroxylation is 3. The number of hydrogen-bond acceptors (Lipinski definition) is 5. The summed E-state index contributed by atoms with van der Waals surface area (Å²) in [7, 11) is 0. The van der Waals surface area contributed by atoms with Crippen LogP contribution in [0.1, 0.15) is 23.2 Å². The summed E-state index contributed by atoms with van der Waals surface area (Å²) >= 11 is 1.56. The molecule has 0 aliphatic rings. The maximum atomic E-state index is 13.5. The molecule has 0 aliphatic heterocycles. The average molecular weight is 435 g/mol. The largest absolute Gasteiger partial charge is 0.494 e. The molecule has 0 amide bonds. The lowest BCUT2D eigenvalue weighted by Gasteiger charge is -2.12. The zero-order valence-electron chi connectivity index (χ0n) is 18.3. The quantitative estimate of drug-likeness (QED) is 0.384. The molecule has 0 radical (unpaired) electrons. The molecule has 0 saturated heterocycles. The van der Waals surface area contributed by atoms with E-state index in [1.165, 1.54) is 0 Å². The fourth-order valence-electron chi connectivity index (χ4n) is 3.75. The Bertz CT molecular complexity index is 1270. The molecule has 5 nitrogen and oxygen atoms in total. The van der Waals surface area contributed by atoms with E-state index in [9.17, 15) is 4.79 Å². The minimum atomic E-state index is -0.0245. The molecule has 4 aromatic rings. The van der Waals surface area contributed by atoms with Gasteiger partial charge in [-0.25, -0.2) is 4.98 Å². The average Bonchev–Trinajstić information content (AvgIpc) is 3.07. The molecule has 0 fully saturated rings. The molecule has 6 heteroatoms. The number of hydrogen-bond donors (Lipinski definition) is 0. The van der Waals surface area contributed by atoms with E-state index in [4.69, 9.17) is 14.5 Å². The summed E-state index contributed by atoms with van der Waals surface area (Å²) in [6, 6.07) is 15.8. The molecule has 4 rings (SSSR count). The van der Waals surface area contributed by atoms with Gasteiger partial charge in [0.15, 0.2) is 0 Å². The Labute approximate surface area is 185 Å². The molecule has 0 bridgehead atoms. The van der Waals surface area contributed by atoms with Crippen molar-refractivity contribution in [2.24, 2.45) is 0 Å². The highest BCUT2D eigenvalue weighted by Gasteiger charge is 2.18. The molecule has 0 saturated carbocycles. The number of benzene rings is 2. The van der Waals surface area contributed by atoms with Crippen LogP contribution in [0.4, 0.5) is 0 Å². The first-order valence-electron chi connectivity index (χ1n) is 10.4. The molecule has 2 aromatic carbocycles. The maximum absolute atomic E-state index is 13.5. The van der Waals surface area contributed by atoms with E-state index in [1.54, 1.807) is 15.9 Å². The zero-order valence-corrected chi connectivity index (χ0v) is 19.1. The monoisotopic (exact) mass is 434 g/mol. The van der Waals surface area contributed by atoms with E-state index in [0.29, 0.717) is 31.0 Å². The number of nitrogens with zero attached hydrogens (tertiary/aromatic N) is 2. The van der Waals surface area contributed by atoms with Crippen LogP contribution in [-0.2, 0) is 6.54 Å². The molecule has 0 atom stereocenters. The first-order valence-corrected chi connectivity index (χ1v) is 11.2. The van der Waals surface area contributed by atoms with Crippen LogP contribution in [0.15, 0.2) is 53.3 Å². The number of thiophene rings is 1. The lowest BCUT2D eigenvalue weighted by Crippen LogP contribution is -2.26. The summed E-state index contributed by atoms with van der Waals surface area (Å²) in [5.74, 6) is 2.33. The maximum Gasteiger partial charge on any atom is 0.263 e. The second kappa shape index (κ2) is 8.94. The van der Waals surface area contributed by atoms with Crippen molar-refractivity contribution in [2.75, 3.05) is 13.2 Å². The van der Waals surface area contributed by atoms with Crippen LogP contribution in [-0.4, -0.2) is 22.8 Å². The van der Waals surface area contributed by atoms with Gasteiger partial charge < -0.3 is 9.47 Å². The predicted octanol–water partition coefficient (Wildman–Crippen LogP) is 5.53. The molecular weight excluding hydrogens is 408 g/mol. The van der Waals surface area contributed by atoms with Gasteiger partial charge in [0, 0.05) is 10.4 Å². The Hall–Kier alpha value is -3.12.